The number of hydrogen-bond donors (Lipinski definition) is 0. The van der Waals surface area contributed by atoms with Crippen molar-refractivity contribution < 1.29 is 14.3 Å². The molecule has 0 saturated carbocycles. The lowest BCUT2D eigenvalue weighted by atomic mass is 10.1. The molecular formula is C15H17NO3. The number of carbonyl (C=O) groups is 1. The number of hydrogen-bond acceptors (Lipinski definition) is 3. The molecule has 0 radical (unpaired) electrons. The SMILES string of the molecule is COC(=O)c1cc(OC)cc(-n2c(C)ccc2C)c1. The Labute approximate surface area is 112 Å². The van der Waals surface area contributed by atoms with Gasteiger partial charge in [-0.3, -0.25) is 0 Å². The first-order valence-electron chi connectivity index (χ1n) is 5.99. The molecule has 2 aromatic rings. The Morgan fingerprint density at radius 1 is 1.05 bits per heavy atom. The Morgan fingerprint density at radius 2 is 1.68 bits per heavy atom. The molecule has 19 heavy (non-hydrogen) atoms. The van der Waals surface area contributed by atoms with Gasteiger partial charge in [-0.15, -0.1) is 0 Å². The van der Waals surface area contributed by atoms with Crippen molar-refractivity contribution in [1.29, 1.82) is 0 Å². The first-order valence-corrected chi connectivity index (χ1v) is 5.99. The van der Waals surface area contributed by atoms with E-state index in [4.69, 9.17) is 9.47 Å². The molecule has 2 rings (SSSR count). The normalized spacial score (nSPS) is 10.3. The van der Waals surface area contributed by atoms with Crippen LogP contribution in [-0.2, 0) is 4.74 Å². The van der Waals surface area contributed by atoms with E-state index in [9.17, 15) is 4.79 Å². The third-order valence-corrected chi connectivity index (χ3v) is 3.08. The molecule has 0 aliphatic heterocycles. The van der Waals surface area contributed by atoms with Crippen LogP contribution >= 0.6 is 0 Å². The lowest BCUT2D eigenvalue weighted by Gasteiger charge is -2.12. The summed E-state index contributed by atoms with van der Waals surface area (Å²) in [5, 5.41) is 0. The van der Waals surface area contributed by atoms with Crippen LogP contribution in [0.4, 0.5) is 0 Å². The zero-order chi connectivity index (χ0) is 14.0. The van der Waals surface area contributed by atoms with Crippen molar-refractivity contribution in [1.82, 2.24) is 4.57 Å². The van der Waals surface area contributed by atoms with Crippen molar-refractivity contribution in [2.75, 3.05) is 14.2 Å². The largest absolute Gasteiger partial charge is 0.497 e. The molecule has 0 atom stereocenters. The summed E-state index contributed by atoms with van der Waals surface area (Å²) >= 11 is 0. The number of aromatic nitrogens is 1. The number of methoxy groups -OCH3 is 2. The van der Waals surface area contributed by atoms with Gasteiger partial charge in [0.25, 0.3) is 0 Å². The van der Waals surface area contributed by atoms with Gasteiger partial charge in [0.05, 0.1) is 19.8 Å². The molecule has 0 saturated heterocycles. The van der Waals surface area contributed by atoms with Gasteiger partial charge in [0.15, 0.2) is 0 Å². The molecule has 4 nitrogen and oxygen atoms in total. The van der Waals surface area contributed by atoms with Crippen LogP contribution in [0.15, 0.2) is 30.3 Å². The lowest BCUT2D eigenvalue weighted by molar-refractivity contribution is 0.0600. The molecule has 100 valence electrons. The second-order valence-electron chi connectivity index (χ2n) is 4.36. The fourth-order valence-electron chi connectivity index (χ4n) is 2.14. The van der Waals surface area contributed by atoms with Gasteiger partial charge in [-0.1, -0.05) is 0 Å². The highest BCUT2D eigenvalue weighted by molar-refractivity contribution is 5.90. The van der Waals surface area contributed by atoms with E-state index >= 15 is 0 Å². The number of rotatable bonds is 3. The molecule has 0 amide bonds. The van der Waals surface area contributed by atoms with Crippen molar-refractivity contribution in [2.45, 2.75) is 13.8 Å². The minimum Gasteiger partial charge on any atom is -0.497 e. The van der Waals surface area contributed by atoms with Crippen LogP contribution in [-0.4, -0.2) is 24.8 Å². The third-order valence-electron chi connectivity index (χ3n) is 3.08. The maximum Gasteiger partial charge on any atom is 0.338 e. The van der Waals surface area contributed by atoms with Gasteiger partial charge in [-0.25, -0.2) is 4.79 Å². The Hall–Kier alpha value is -2.23. The summed E-state index contributed by atoms with van der Waals surface area (Å²) in [4.78, 5) is 11.7. The van der Waals surface area contributed by atoms with Crippen molar-refractivity contribution >= 4 is 5.97 Å². The van der Waals surface area contributed by atoms with E-state index in [2.05, 4.69) is 4.57 Å². The number of benzene rings is 1. The van der Waals surface area contributed by atoms with E-state index in [-0.39, 0.29) is 5.97 Å². The zero-order valence-electron chi connectivity index (χ0n) is 11.6. The summed E-state index contributed by atoms with van der Waals surface area (Å²) in [7, 11) is 2.95. The van der Waals surface area contributed by atoms with Gasteiger partial charge in [0.1, 0.15) is 5.75 Å². The van der Waals surface area contributed by atoms with Crippen LogP contribution in [0.3, 0.4) is 0 Å². The Bertz CT molecular complexity index is 594. The number of aryl methyl sites for hydroxylation is 2. The standard InChI is InChI=1S/C15H17NO3/c1-10-5-6-11(2)16(10)13-7-12(15(17)19-4)8-14(9-13)18-3/h5-9H,1-4H3. The highest BCUT2D eigenvalue weighted by Crippen LogP contribution is 2.23. The fourth-order valence-corrected chi connectivity index (χ4v) is 2.14. The van der Waals surface area contributed by atoms with Crippen LogP contribution in [0.2, 0.25) is 0 Å². The first kappa shape index (κ1) is 13.2. The molecule has 0 unspecified atom stereocenters. The number of nitrogens with zero attached hydrogens (tertiary/aromatic N) is 1. The predicted octanol–water partition coefficient (Wildman–Crippen LogP) is 2.89. The summed E-state index contributed by atoms with van der Waals surface area (Å²) in [6.07, 6.45) is 0. The number of ether oxygens (including phenoxy) is 2. The fraction of sp³-hybridized carbons (Fsp3) is 0.267. The number of esters is 1. The Kier molecular flexibility index (Phi) is 3.60. The van der Waals surface area contributed by atoms with Crippen molar-refractivity contribution in [3.05, 3.63) is 47.3 Å². The first-order chi connectivity index (χ1) is 9.06. The van der Waals surface area contributed by atoms with Crippen molar-refractivity contribution in [3.8, 4) is 11.4 Å². The molecule has 0 aliphatic carbocycles. The van der Waals surface area contributed by atoms with E-state index in [1.54, 1.807) is 19.2 Å². The number of carbonyl (C=O) groups excluding carboxylic acids is 1. The lowest BCUT2D eigenvalue weighted by Crippen LogP contribution is -2.05. The second kappa shape index (κ2) is 5.18. The van der Waals surface area contributed by atoms with E-state index in [0.717, 1.165) is 17.1 Å². The summed E-state index contributed by atoms with van der Waals surface area (Å²) in [6.45, 7) is 4.04. The molecule has 0 spiro atoms. The van der Waals surface area contributed by atoms with Gasteiger partial charge in [-0.05, 0) is 38.1 Å². The maximum atomic E-state index is 11.7. The smallest absolute Gasteiger partial charge is 0.338 e. The summed E-state index contributed by atoms with van der Waals surface area (Å²) < 4.78 is 12.1. The molecule has 1 aromatic carbocycles. The molecule has 1 aromatic heterocycles. The van der Waals surface area contributed by atoms with Crippen LogP contribution in [0, 0.1) is 13.8 Å². The molecule has 0 fully saturated rings. The average molecular weight is 259 g/mol. The van der Waals surface area contributed by atoms with Crippen LogP contribution in [0.1, 0.15) is 21.7 Å². The van der Waals surface area contributed by atoms with Crippen LogP contribution in [0.25, 0.3) is 5.69 Å². The molecule has 0 N–H and O–H groups in total. The van der Waals surface area contributed by atoms with E-state index in [0.29, 0.717) is 11.3 Å². The van der Waals surface area contributed by atoms with Gasteiger partial charge >= 0.3 is 5.97 Å². The van der Waals surface area contributed by atoms with Crippen LogP contribution < -0.4 is 4.74 Å². The molecule has 0 aliphatic rings. The molecule has 4 heteroatoms. The summed E-state index contributed by atoms with van der Waals surface area (Å²) in [5.74, 6) is 0.257. The molecule has 1 heterocycles. The minimum atomic E-state index is -0.373. The maximum absolute atomic E-state index is 11.7. The van der Waals surface area contributed by atoms with Crippen molar-refractivity contribution in [3.63, 3.8) is 0 Å². The minimum absolute atomic E-state index is 0.373. The Balaban J connectivity index is 2.60. The zero-order valence-corrected chi connectivity index (χ0v) is 11.6. The van der Waals surface area contributed by atoms with Crippen molar-refractivity contribution in [2.24, 2.45) is 0 Å². The second-order valence-corrected chi connectivity index (χ2v) is 4.36. The van der Waals surface area contributed by atoms with Gasteiger partial charge in [-0.2, -0.15) is 0 Å². The highest BCUT2D eigenvalue weighted by atomic mass is 16.5. The van der Waals surface area contributed by atoms with E-state index in [1.807, 2.05) is 32.0 Å². The summed E-state index contributed by atoms with van der Waals surface area (Å²) in [5.41, 5.74) is 3.56. The van der Waals surface area contributed by atoms with Gasteiger partial charge in [0, 0.05) is 23.1 Å². The molecular weight excluding hydrogens is 242 g/mol. The topological polar surface area (TPSA) is 40.5 Å². The van der Waals surface area contributed by atoms with Crippen LogP contribution in [0.5, 0.6) is 5.75 Å². The van der Waals surface area contributed by atoms with E-state index in [1.165, 1.54) is 7.11 Å². The summed E-state index contributed by atoms with van der Waals surface area (Å²) in [6, 6.07) is 9.43. The quantitative estimate of drug-likeness (QED) is 0.796. The Morgan fingerprint density at radius 3 is 2.21 bits per heavy atom. The molecule has 0 bridgehead atoms. The van der Waals surface area contributed by atoms with E-state index < -0.39 is 0 Å². The van der Waals surface area contributed by atoms with Gasteiger partial charge in [0.2, 0.25) is 0 Å². The monoisotopic (exact) mass is 259 g/mol. The highest BCUT2D eigenvalue weighted by Gasteiger charge is 2.12. The predicted molar refractivity (Wildman–Crippen MR) is 73.1 cm³/mol. The van der Waals surface area contributed by atoms with Gasteiger partial charge < -0.3 is 14.0 Å². The third kappa shape index (κ3) is 2.47. The average Bonchev–Trinajstić information content (AvgIpc) is 2.76.